The molecule has 84 valence electrons. The second-order valence-electron chi connectivity index (χ2n) is 4.06. The molecule has 0 spiro atoms. The summed E-state index contributed by atoms with van der Waals surface area (Å²) in [5, 5.41) is 8.85. The van der Waals surface area contributed by atoms with E-state index in [0.717, 1.165) is 13.0 Å². The fourth-order valence-corrected chi connectivity index (χ4v) is 1.40. The minimum absolute atomic E-state index is 0.115. The number of carboxylic acid groups (broad SMARTS) is 1. The molecule has 0 saturated carbocycles. The molecule has 0 saturated heterocycles. The molecule has 0 radical (unpaired) electrons. The smallest absolute Gasteiger partial charge is 0.307 e. The third kappa shape index (κ3) is 4.61. The summed E-state index contributed by atoms with van der Waals surface area (Å²) < 4.78 is 0. The van der Waals surface area contributed by atoms with Crippen molar-refractivity contribution in [3.05, 3.63) is 0 Å². The van der Waals surface area contributed by atoms with Crippen LogP contribution in [0.3, 0.4) is 0 Å². The lowest BCUT2D eigenvalue weighted by atomic mass is 10.0. The van der Waals surface area contributed by atoms with E-state index in [0.29, 0.717) is 0 Å². The third-order valence-electron chi connectivity index (χ3n) is 2.92. The Balaban J connectivity index is 3.85. The molecule has 0 heterocycles. The van der Waals surface area contributed by atoms with Gasteiger partial charge in [-0.25, -0.2) is 0 Å². The molecular formula is C11H23NO2. The van der Waals surface area contributed by atoms with Crippen LogP contribution in [-0.4, -0.2) is 35.6 Å². The van der Waals surface area contributed by atoms with Crippen LogP contribution < -0.4 is 0 Å². The van der Waals surface area contributed by atoms with Gasteiger partial charge >= 0.3 is 5.97 Å². The molecule has 0 amide bonds. The second kappa shape index (κ2) is 6.82. The molecule has 0 aliphatic heterocycles. The number of carboxylic acids is 1. The van der Waals surface area contributed by atoms with Gasteiger partial charge in [0.15, 0.2) is 0 Å². The summed E-state index contributed by atoms with van der Waals surface area (Å²) in [5.74, 6) is -0.999. The van der Waals surface area contributed by atoms with Gasteiger partial charge in [-0.05, 0) is 26.9 Å². The van der Waals surface area contributed by atoms with Crippen LogP contribution in [0.15, 0.2) is 0 Å². The number of carbonyl (C=O) groups is 1. The van der Waals surface area contributed by atoms with Crippen molar-refractivity contribution in [1.82, 2.24) is 4.90 Å². The fourth-order valence-electron chi connectivity index (χ4n) is 1.40. The molecule has 2 unspecified atom stereocenters. The van der Waals surface area contributed by atoms with E-state index in [4.69, 9.17) is 5.11 Å². The first-order chi connectivity index (χ1) is 6.50. The first kappa shape index (κ1) is 13.4. The van der Waals surface area contributed by atoms with Crippen molar-refractivity contribution in [3.63, 3.8) is 0 Å². The summed E-state index contributed by atoms with van der Waals surface area (Å²) in [4.78, 5) is 12.9. The van der Waals surface area contributed by atoms with Gasteiger partial charge in [-0.15, -0.1) is 0 Å². The summed E-state index contributed by atoms with van der Waals surface area (Å²) in [5.41, 5.74) is 0. The Bertz CT molecular complexity index is 171. The lowest BCUT2D eigenvalue weighted by Crippen LogP contribution is -2.38. The average molecular weight is 201 g/mol. The van der Waals surface area contributed by atoms with Gasteiger partial charge in [-0.3, -0.25) is 4.79 Å². The minimum atomic E-state index is -0.708. The molecule has 3 nitrogen and oxygen atoms in total. The number of aliphatic carboxylic acids is 1. The number of hydrogen-bond acceptors (Lipinski definition) is 2. The van der Waals surface area contributed by atoms with Crippen molar-refractivity contribution >= 4 is 5.97 Å². The number of rotatable bonds is 7. The summed E-state index contributed by atoms with van der Waals surface area (Å²) in [6, 6.07) is 0.115. The van der Waals surface area contributed by atoms with Crippen molar-refractivity contribution in [2.75, 3.05) is 13.6 Å². The van der Waals surface area contributed by atoms with Crippen LogP contribution in [0.2, 0.25) is 0 Å². The van der Waals surface area contributed by atoms with E-state index in [1.54, 1.807) is 6.92 Å². The fraction of sp³-hybridized carbons (Fsp3) is 0.909. The van der Waals surface area contributed by atoms with Gasteiger partial charge in [0.25, 0.3) is 0 Å². The molecule has 3 heteroatoms. The molecule has 2 atom stereocenters. The molecule has 0 bridgehead atoms. The van der Waals surface area contributed by atoms with E-state index >= 15 is 0 Å². The van der Waals surface area contributed by atoms with Gasteiger partial charge in [-0.1, -0.05) is 26.7 Å². The standard InChI is InChI=1S/C11H23NO2/c1-5-6-7-8-12(4)10(3)9(2)11(13)14/h9-10H,5-8H2,1-4H3,(H,13,14). The largest absolute Gasteiger partial charge is 0.481 e. The topological polar surface area (TPSA) is 40.5 Å². The highest BCUT2D eigenvalue weighted by molar-refractivity contribution is 5.70. The zero-order valence-corrected chi connectivity index (χ0v) is 9.79. The van der Waals surface area contributed by atoms with Crippen LogP contribution in [0.4, 0.5) is 0 Å². The lowest BCUT2D eigenvalue weighted by Gasteiger charge is -2.27. The van der Waals surface area contributed by atoms with E-state index in [1.807, 2.05) is 14.0 Å². The van der Waals surface area contributed by atoms with Gasteiger partial charge in [0.2, 0.25) is 0 Å². The van der Waals surface area contributed by atoms with Gasteiger partial charge in [0.1, 0.15) is 0 Å². The van der Waals surface area contributed by atoms with Crippen molar-refractivity contribution in [2.24, 2.45) is 5.92 Å². The van der Waals surface area contributed by atoms with Crippen LogP contribution in [0.25, 0.3) is 0 Å². The Hall–Kier alpha value is -0.570. The van der Waals surface area contributed by atoms with Crippen molar-refractivity contribution in [1.29, 1.82) is 0 Å². The predicted octanol–water partition coefficient (Wildman–Crippen LogP) is 2.22. The highest BCUT2D eigenvalue weighted by Gasteiger charge is 2.22. The Morgan fingerprint density at radius 3 is 2.36 bits per heavy atom. The van der Waals surface area contributed by atoms with Crippen LogP contribution in [-0.2, 0) is 4.79 Å². The first-order valence-corrected chi connectivity index (χ1v) is 5.43. The average Bonchev–Trinajstić information content (AvgIpc) is 2.15. The van der Waals surface area contributed by atoms with E-state index < -0.39 is 5.97 Å². The number of nitrogens with zero attached hydrogens (tertiary/aromatic N) is 1. The maximum atomic E-state index is 10.7. The van der Waals surface area contributed by atoms with Crippen molar-refractivity contribution in [3.8, 4) is 0 Å². The zero-order valence-electron chi connectivity index (χ0n) is 9.79. The highest BCUT2D eigenvalue weighted by atomic mass is 16.4. The molecule has 14 heavy (non-hydrogen) atoms. The van der Waals surface area contributed by atoms with Crippen LogP contribution in [0.5, 0.6) is 0 Å². The second-order valence-corrected chi connectivity index (χ2v) is 4.06. The number of hydrogen-bond donors (Lipinski definition) is 1. The summed E-state index contributed by atoms with van der Waals surface area (Å²) in [7, 11) is 2.00. The molecule has 0 aliphatic carbocycles. The Labute approximate surface area is 87.1 Å². The van der Waals surface area contributed by atoms with Gasteiger partial charge in [0.05, 0.1) is 5.92 Å². The normalized spacial score (nSPS) is 15.5. The Kier molecular flexibility index (Phi) is 6.54. The van der Waals surface area contributed by atoms with Crippen LogP contribution in [0, 0.1) is 5.92 Å². The minimum Gasteiger partial charge on any atom is -0.481 e. The molecular weight excluding hydrogens is 178 g/mol. The highest BCUT2D eigenvalue weighted by Crippen LogP contribution is 2.10. The monoisotopic (exact) mass is 201 g/mol. The zero-order chi connectivity index (χ0) is 11.1. The summed E-state index contributed by atoms with van der Waals surface area (Å²) >= 11 is 0. The molecule has 0 aromatic carbocycles. The molecule has 0 aliphatic rings. The van der Waals surface area contributed by atoms with Gasteiger partial charge in [0, 0.05) is 6.04 Å². The lowest BCUT2D eigenvalue weighted by molar-refractivity contribution is -0.143. The van der Waals surface area contributed by atoms with E-state index in [1.165, 1.54) is 12.8 Å². The molecule has 1 N–H and O–H groups in total. The quantitative estimate of drug-likeness (QED) is 0.642. The van der Waals surface area contributed by atoms with Crippen molar-refractivity contribution < 1.29 is 9.90 Å². The Morgan fingerprint density at radius 2 is 1.93 bits per heavy atom. The van der Waals surface area contributed by atoms with Gasteiger partial charge < -0.3 is 10.0 Å². The predicted molar refractivity (Wildman–Crippen MR) is 58.4 cm³/mol. The maximum Gasteiger partial charge on any atom is 0.307 e. The SMILES string of the molecule is CCCCCN(C)C(C)C(C)C(=O)O. The van der Waals surface area contributed by atoms with E-state index in [-0.39, 0.29) is 12.0 Å². The van der Waals surface area contributed by atoms with Gasteiger partial charge in [-0.2, -0.15) is 0 Å². The van der Waals surface area contributed by atoms with E-state index in [2.05, 4.69) is 11.8 Å². The first-order valence-electron chi connectivity index (χ1n) is 5.43. The molecule has 0 aromatic rings. The maximum absolute atomic E-state index is 10.7. The van der Waals surface area contributed by atoms with E-state index in [9.17, 15) is 4.79 Å². The molecule has 0 rings (SSSR count). The molecule has 0 fully saturated rings. The molecule has 0 aromatic heterocycles. The summed E-state index contributed by atoms with van der Waals surface area (Å²) in [6.07, 6.45) is 3.58. The third-order valence-corrected chi connectivity index (χ3v) is 2.92. The van der Waals surface area contributed by atoms with Crippen molar-refractivity contribution in [2.45, 2.75) is 46.1 Å². The van der Waals surface area contributed by atoms with Crippen LogP contribution in [0.1, 0.15) is 40.0 Å². The van der Waals surface area contributed by atoms with Crippen LogP contribution >= 0.6 is 0 Å². The Morgan fingerprint density at radius 1 is 1.36 bits per heavy atom. The summed E-state index contributed by atoms with van der Waals surface area (Å²) in [6.45, 7) is 6.91. The number of unbranched alkanes of at least 4 members (excludes halogenated alkanes) is 2.